The molecule has 0 aliphatic carbocycles. The van der Waals surface area contributed by atoms with Crippen LogP contribution in [0.3, 0.4) is 0 Å². The predicted molar refractivity (Wildman–Crippen MR) is 107 cm³/mol. The lowest BCUT2D eigenvalue weighted by molar-refractivity contribution is 0.102. The van der Waals surface area contributed by atoms with Crippen LogP contribution in [0.1, 0.15) is 10.4 Å². The van der Waals surface area contributed by atoms with Gasteiger partial charge in [0.15, 0.2) is 0 Å². The van der Waals surface area contributed by atoms with Gasteiger partial charge in [-0.15, -0.1) is 0 Å². The van der Waals surface area contributed by atoms with Crippen molar-refractivity contribution in [1.29, 1.82) is 0 Å². The van der Waals surface area contributed by atoms with E-state index in [1.54, 1.807) is 30.3 Å². The summed E-state index contributed by atoms with van der Waals surface area (Å²) < 4.78 is 38.9. The van der Waals surface area contributed by atoms with Crippen molar-refractivity contribution >= 4 is 44.7 Å². The minimum absolute atomic E-state index is 0.0680. The Hall–Kier alpha value is -2.97. The Balaban J connectivity index is 1.94. The van der Waals surface area contributed by atoms with E-state index >= 15 is 0 Å². The first kappa shape index (κ1) is 19.8. The van der Waals surface area contributed by atoms with Crippen molar-refractivity contribution in [1.82, 2.24) is 4.98 Å². The molecule has 1 aromatic heterocycles. The molecule has 0 unspecified atom stereocenters. The molecule has 0 atom stereocenters. The van der Waals surface area contributed by atoms with E-state index in [0.29, 0.717) is 11.4 Å². The van der Waals surface area contributed by atoms with Crippen molar-refractivity contribution in [2.75, 3.05) is 15.9 Å². The Morgan fingerprint density at radius 2 is 1.82 bits per heavy atom. The van der Waals surface area contributed by atoms with Gasteiger partial charge in [0, 0.05) is 17.4 Å². The number of nitrogens with zero attached hydrogens (tertiary/aromatic N) is 2. The number of pyridine rings is 1. The van der Waals surface area contributed by atoms with E-state index < -0.39 is 21.7 Å². The summed E-state index contributed by atoms with van der Waals surface area (Å²) in [5, 5.41) is 2.46. The van der Waals surface area contributed by atoms with Crippen LogP contribution in [0.15, 0.2) is 66.9 Å². The minimum atomic E-state index is -3.70. The van der Waals surface area contributed by atoms with Gasteiger partial charge >= 0.3 is 0 Å². The second-order valence-corrected chi connectivity index (χ2v) is 8.09. The van der Waals surface area contributed by atoms with Crippen LogP contribution in [-0.2, 0) is 10.0 Å². The SMILES string of the molecule is CS(=O)(=O)N(c1ccccc1)c1cc(C(=O)Nc2ccc(F)c(Cl)c2)ccn1. The maximum Gasteiger partial charge on any atom is 0.255 e. The highest BCUT2D eigenvalue weighted by Crippen LogP contribution is 2.27. The highest BCUT2D eigenvalue weighted by Gasteiger charge is 2.22. The van der Waals surface area contributed by atoms with Crippen LogP contribution in [0.5, 0.6) is 0 Å². The molecule has 3 rings (SSSR count). The van der Waals surface area contributed by atoms with E-state index in [-0.39, 0.29) is 16.4 Å². The number of rotatable bonds is 5. The standard InChI is InChI=1S/C19H15ClFN3O3S/c1-28(26,27)24(15-5-3-2-4-6-15)18-11-13(9-10-22-18)19(25)23-14-7-8-17(21)16(20)12-14/h2-12H,1H3,(H,23,25). The molecule has 2 aromatic carbocycles. The third-order valence-corrected chi connectivity index (χ3v) is 5.07. The second kappa shape index (κ2) is 7.95. The monoisotopic (exact) mass is 419 g/mol. The van der Waals surface area contributed by atoms with Gasteiger partial charge in [0.05, 0.1) is 17.0 Å². The van der Waals surface area contributed by atoms with Crippen LogP contribution < -0.4 is 9.62 Å². The first-order valence-electron chi connectivity index (χ1n) is 8.03. The van der Waals surface area contributed by atoms with Gasteiger partial charge in [0.1, 0.15) is 11.6 Å². The number of carbonyl (C=O) groups excluding carboxylic acids is 1. The van der Waals surface area contributed by atoms with E-state index in [9.17, 15) is 17.6 Å². The van der Waals surface area contributed by atoms with Crippen LogP contribution in [0.2, 0.25) is 5.02 Å². The van der Waals surface area contributed by atoms with Gasteiger partial charge in [-0.3, -0.25) is 4.79 Å². The number of hydrogen-bond donors (Lipinski definition) is 1. The molecule has 1 amide bonds. The number of benzene rings is 2. The van der Waals surface area contributed by atoms with E-state index in [4.69, 9.17) is 11.6 Å². The Kier molecular flexibility index (Phi) is 5.62. The molecule has 9 heteroatoms. The van der Waals surface area contributed by atoms with E-state index in [1.807, 2.05) is 0 Å². The molecule has 6 nitrogen and oxygen atoms in total. The van der Waals surface area contributed by atoms with E-state index in [2.05, 4.69) is 10.3 Å². The van der Waals surface area contributed by atoms with Gasteiger partial charge in [-0.2, -0.15) is 0 Å². The predicted octanol–water partition coefficient (Wildman–Crippen LogP) is 4.22. The fourth-order valence-corrected chi connectivity index (χ4v) is 3.63. The zero-order chi connectivity index (χ0) is 20.3. The van der Waals surface area contributed by atoms with Crippen LogP contribution in [0, 0.1) is 5.82 Å². The lowest BCUT2D eigenvalue weighted by atomic mass is 10.2. The third kappa shape index (κ3) is 4.47. The fourth-order valence-electron chi connectivity index (χ4n) is 2.50. The number of carbonyl (C=O) groups is 1. The van der Waals surface area contributed by atoms with Gasteiger partial charge < -0.3 is 5.32 Å². The molecule has 0 bridgehead atoms. The average Bonchev–Trinajstić information content (AvgIpc) is 2.65. The lowest BCUT2D eigenvalue weighted by Gasteiger charge is -2.21. The zero-order valence-electron chi connectivity index (χ0n) is 14.6. The van der Waals surface area contributed by atoms with Gasteiger partial charge in [-0.1, -0.05) is 29.8 Å². The Bertz CT molecular complexity index is 1120. The summed E-state index contributed by atoms with van der Waals surface area (Å²) in [6.07, 6.45) is 2.39. The van der Waals surface area contributed by atoms with Crippen LogP contribution in [-0.4, -0.2) is 25.6 Å². The number of hydrogen-bond acceptors (Lipinski definition) is 4. The summed E-state index contributed by atoms with van der Waals surface area (Å²) in [5.41, 5.74) is 0.869. The van der Waals surface area contributed by atoms with Gasteiger partial charge in [0.2, 0.25) is 10.0 Å². The molecule has 144 valence electrons. The highest BCUT2D eigenvalue weighted by molar-refractivity contribution is 7.92. The Labute approximate surface area is 166 Å². The molecule has 1 heterocycles. The number of anilines is 3. The van der Waals surface area contributed by atoms with E-state index in [1.165, 1.54) is 30.5 Å². The summed E-state index contributed by atoms with van der Waals surface area (Å²) >= 11 is 5.72. The first-order valence-corrected chi connectivity index (χ1v) is 10.3. The molecular weight excluding hydrogens is 405 g/mol. The largest absolute Gasteiger partial charge is 0.322 e. The normalized spacial score (nSPS) is 11.1. The Morgan fingerprint density at radius 1 is 1.11 bits per heavy atom. The van der Waals surface area contributed by atoms with Crippen molar-refractivity contribution in [3.05, 3.63) is 83.3 Å². The number of halogens is 2. The summed E-state index contributed by atoms with van der Waals surface area (Å²) in [4.78, 5) is 16.6. The van der Waals surface area contributed by atoms with Crippen molar-refractivity contribution in [2.24, 2.45) is 0 Å². The highest BCUT2D eigenvalue weighted by atomic mass is 35.5. The van der Waals surface area contributed by atoms with Gasteiger partial charge in [0.25, 0.3) is 5.91 Å². The molecule has 0 aliphatic heterocycles. The number of para-hydroxylation sites is 1. The van der Waals surface area contributed by atoms with Crippen molar-refractivity contribution in [2.45, 2.75) is 0 Å². The van der Waals surface area contributed by atoms with Crippen molar-refractivity contribution in [3.63, 3.8) is 0 Å². The number of nitrogens with one attached hydrogen (secondary N) is 1. The minimum Gasteiger partial charge on any atom is -0.322 e. The summed E-state index contributed by atoms with van der Waals surface area (Å²) in [7, 11) is -3.70. The molecule has 28 heavy (non-hydrogen) atoms. The molecule has 0 radical (unpaired) electrons. The summed E-state index contributed by atoms with van der Waals surface area (Å²) in [6, 6.07) is 15.0. The molecule has 0 fully saturated rings. The Morgan fingerprint density at radius 3 is 2.46 bits per heavy atom. The van der Waals surface area contributed by atoms with Crippen LogP contribution in [0.4, 0.5) is 21.6 Å². The van der Waals surface area contributed by atoms with Crippen LogP contribution >= 0.6 is 11.6 Å². The number of sulfonamides is 1. The van der Waals surface area contributed by atoms with E-state index in [0.717, 1.165) is 16.6 Å². The first-order chi connectivity index (χ1) is 13.3. The topological polar surface area (TPSA) is 79.4 Å². The average molecular weight is 420 g/mol. The summed E-state index contributed by atoms with van der Waals surface area (Å²) in [6.45, 7) is 0. The molecule has 0 saturated heterocycles. The third-order valence-electron chi connectivity index (χ3n) is 3.72. The molecular formula is C19H15ClFN3O3S. The number of aromatic nitrogens is 1. The van der Waals surface area contributed by atoms with Gasteiger partial charge in [-0.25, -0.2) is 22.1 Å². The molecule has 0 spiro atoms. The van der Waals surface area contributed by atoms with Gasteiger partial charge in [-0.05, 0) is 42.5 Å². The lowest BCUT2D eigenvalue weighted by Crippen LogP contribution is -2.26. The maximum atomic E-state index is 13.3. The molecule has 0 aliphatic rings. The van der Waals surface area contributed by atoms with Crippen molar-refractivity contribution in [3.8, 4) is 0 Å². The summed E-state index contributed by atoms with van der Waals surface area (Å²) in [5.74, 6) is -1.05. The molecule has 1 N–H and O–H groups in total. The molecule has 0 saturated carbocycles. The second-order valence-electron chi connectivity index (χ2n) is 5.85. The van der Waals surface area contributed by atoms with Crippen molar-refractivity contribution < 1.29 is 17.6 Å². The number of amides is 1. The zero-order valence-corrected chi connectivity index (χ0v) is 16.2. The molecule has 3 aromatic rings. The maximum absolute atomic E-state index is 13.3. The fraction of sp³-hybridized carbons (Fsp3) is 0.0526. The van der Waals surface area contributed by atoms with Crippen LogP contribution in [0.25, 0.3) is 0 Å². The smallest absolute Gasteiger partial charge is 0.255 e. The quantitative estimate of drug-likeness (QED) is 0.671.